The Bertz CT molecular complexity index is 991. The molecule has 1 aliphatic carbocycles. The van der Waals surface area contributed by atoms with Gasteiger partial charge in [-0.05, 0) is 25.2 Å². The Balaban J connectivity index is 1.78. The van der Waals surface area contributed by atoms with E-state index in [4.69, 9.17) is 10.7 Å². The van der Waals surface area contributed by atoms with E-state index in [1.54, 1.807) is 19.5 Å². The van der Waals surface area contributed by atoms with Gasteiger partial charge >= 0.3 is 0 Å². The topological polar surface area (TPSA) is 86.4 Å². The van der Waals surface area contributed by atoms with Crippen LogP contribution in [-0.2, 0) is 0 Å². The number of hydrogen-bond acceptors (Lipinski definition) is 5. The molecule has 140 valence electrons. The lowest BCUT2D eigenvalue weighted by molar-refractivity contribution is 0.376. The second-order valence-electron chi connectivity index (χ2n) is 7.03. The first-order valence-corrected chi connectivity index (χ1v) is 9.48. The van der Waals surface area contributed by atoms with E-state index in [2.05, 4.69) is 32.9 Å². The molecule has 0 spiro atoms. The van der Waals surface area contributed by atoms with Gasteiger partial charge in [0.25, 0.3) is 0 Å². The summed E-state index contributed by atoms with van der Waals surface area (Å²) >= 11 is 0. The summed E-state index contributed by atoms with van der Waals surface area (Å²) in [6.45, 7) is 2.23. The van der Waals surface area contributed by atoms with Gasteiger partial charge in [0, 0.05) is 49.7 Å². The number of aliphatic imine (C=N–C) groups is 1. The number of nitrogens with two attached hydrogens (primary N) is 1. The van der Waals surface area contributed by atoms with E-state index in [-0.39, 0.29) is 0 Å². The van der Waals surface area contributed by atoms with Gasteiger partial charge in [0.15, 0.2) is 0 Å². The Morgan fingerprint density at radius 2 is 2.30 bits per heavy atom. The highest BCUT2D eigenvalue weighted by Gasteiger charge is 2.32. The summed E-state index contributed by atoms with van der Waals surface area (Å²) in [5, 5.41) is 4.67. The van der Waals surface area contributed by atoms with Gasteiger partial charge in [0.05, 0.1) is 23.5 Å². The maximum Gasteiger partial charge on any atom is 0.149 e. The van der Waals surface area contributed by atoms with E-state index in [0.717, 1.165) is 47.1 Å². The number of hydrogen-bond donors (Lipinski definition) is 1. The largest absolute Gasteiger partial charge is 0.404 e. The molecule has 0 amide bonds. The van der Waals surface area contributed by atoms with Crippen LogP contribution in [0.4, 0.5) is 0 Å². The van der Waals surface area contributed by atoms with Crippen molar-refractivity contribution in [1.82, 2.24) is 24.1 Å². The highest BCUT2D eigenvalue weighted by Crippen LogP contribution is 2.42. The lowest BCUT2D eigenvalue weighted by atomic mass is 10.1. The molecule has 27 heavy (non-hydrogen) atoms. The number of aromatic nitrogens is 5. The van der Waals surface area contributed by atoms with Crippen molar-refractivity contribution in [3.05, 3.63) is 42.7 Å². The molecular formula is C20H25N7. The normalized spacial score (nSPS) is 16.4. The zero-order valence-corrected chi connectivity index (χ0v) is 15.8. The van der Waals surface area contributed by atoms with Crippen LogP contribution in [0.3, 0.4) is 0 Å². The van der Waals surface area contributed by atoms with Crippen LogP contribution in [0.15, 0.2) is 42.0 Å². The Hall–Kier alpha value is -2.96. The summed E-state index contributed by atoms with van der Waals surface area (Å²) < 4.78 is 4.11. The Morgan fingerprint density at radius 3 is 3.00 bits per heavy atom. The summed E-state index contributed by atoms with van der Waals surface area (Å²) in [6.07, 6.45) is 15.9. The third-order valence-corrected chi connectivity index (χ3v) is 5.08. The molecule has 1 unspecified atom stereocenters. The molecule has 3 heterocycles. The van der Waals surface area contributed by atoms with E-state index < -0.39 is 0 Å². The van der Waals surface area contributed by atoms with Crippen LogP contribution < -0.4 is 5.73 Å². The average Bonchev–Trinajstić information content (AvgIpc) is 3.20. The second-order valence-corrected chi connectivity index (χ2v) is 7.03. The van der Waals surface area contributed by atoms with E-state index >= 15 is 0 Å². The van der Waals surface area contributed by atoms with Crippen LogP contribution >= 0.6 is 0 Å². The smallest absolute Gasteiger partial charge is 0.149 e. The molecule has 0 radical (unpaired) electrons. The summed E-state index contributed by atoms with van der Waals surface area (Å²) in [5.41, 5.74) is 9.09. The molecule has 1 fully saturated rings. The van der Waals surface area contributed by atoms with Gasteiger partial charge in [0.2, 0.25) is 0 Å². The predicted octanol–water partition coefficient (Wildman–Crippen LogP) is 3.34. The van der Waals surface area contributed by atoms with Crippen LogP contribution in [0.2, 0.25) is 0 Å². The van der Waals surface area contributed by atoms with Gasteiger partial charge in [-0.15, -0.1) is 0 Å². The highest BCUT2D eigenvalue weighted by atomic mass is 15.3. The molecule has 2 N–H and O–H groups in total. The SMILES string of the molecule is CCCC(C1CC1)n1cc(-c2nc(/C(C=NC)=C/N)cc3nccn23)cn1. The minimum atomic E-state index is 0.483. The molecule has 3 aromatic heterocycles. The molecule has 1 saturated carbocycles. The molecule has 7 heteroatoms. The maximum atomic E-state index is 5.78. The maximum absolute atomic E-state index is 5.78. The monoisotopic (exact) mass is 363 g/mol. The van der Waals surface area contributed by atoms with E-state index in [0.29, 0.717) is 6.04 Å². The molecule has 0 aromatic carbocycles. The fourth-order valence-corrected chi connectivity index (χ4v) is 3.60. The van der Waals surface area contributed by atoms with Crippen molar-refractivity contribution in [2.45, 2.75) is 38.6 Å². The van der Waals surface area contributed by atoms with Crippen molar-refractivity contribution in [2.24, 2.45) is 16.6 Å². The fraction of sp³-hybridized carbons (Fsp3) is 0.400. The van der Waals surface area contributed by atoms with Crippen molar-refractivity contribution in [3.63, 3.8) is 0 Å². The molecular weight excluding hydrogens is 338 g/mol. The highest BCUT2D eigenvalue weighted by molar-refractivity contribution is 6.09. The van der Waals surface area contributed by atoms with Crippen molar-refractivity contribution in [1.29, 1.82) is 0 Å². The number of fused-ring (bicyclic) bond motifs is 1. The minimum Gasteiger partial charge on any atom is -0.404 e. The Labute approximate surface area is 158 Å². The molecule has 1 aliphatic rings. The quantitative estimate of drug-likeness (QED) is 0.652. The van der Waals surface area contributed by atoms with E-state index in [9.17, 15) is 0 Å². The van der Waals surface area contributed by atoms with E-state index in [1.807, 2.05) is 22.9 Å². The van der Waals surface area contributed by atoms with Gasteiger partial charge in [0.1, 0.15) is 11.5 Å². The number of allylic oxidation sites excluding steroid dienone is 1. The van der Waals surface area contributed by atoms with Crippen LogP contribution in [0.25, 0.3) is 22.6 Å². The standard InChI is InChI=1S/C20H25N7/c1-3-4-18(14-5-6-14)27-13-16(12-24-27)20-25-17(15(10-21)11-22-2)9-19-23-7-8-26(19)20/h7-14,18H,3-6,21H2,1-2H3/b15-10+,22-11?. The van der Waals surface area contributed by atoms with Gasteiger partial charge in [-0.3, -0.25) is 14.1 Å². The average molecular weight is 363 g/mol. The zero-order valence-electron chi connectivity index (χ0n) is 15.8. The van der Waals surface area contributed by atoms with Crippen molar-refractivity contribution in [3.8, 4) is 11.4 Å². The van der Waals surface area contributed by atoms with Crippen LogP contribution in [0, 0.1) is 5.92 Å². The van der Waals surface area contributed by atoms with Gasteiger partial charge in [-0.2, -0.15) is 5.10 Å². The first-order valence-electron chi connectivity index (χ1n) is 9.48. The molecule has 7 nitrogen and oxygen atoms in total. The molecule has 0 bridgehead atoms. The number of imidazole rings is 1. The van der Waals surface area contributed by atoms with Crippen molar-refractivity contribution in [2.75, 3.05) is 7.05 Å². The lowest BCUT2D eigenvalue weighted by Crippen LogP contribution is -2.11. The predicted molar refractivity (Wildman–Crippen MR) is 107 cm³/mol. The lowest BCUT2D eigenvalue weighted by Gasteiger charge is -2.15. The number of rotatable bonds is 7. The van der Waals surface area contributed by atoms with Crippen molar-refractivity contribution >= 4 is 17.4 Å². The minimum absolute atomic E-state index is 0.483. The second kappa shape index (κ2) is 7.34. The summed E-state index contributed by atoms with van der Waals surface area (Å²) in [6, 6.07) is 2.40. The summed E-state index contributed by atoms with van der Waals surface area (Å²) in [5.74, 6) is 1.57. The first-order chi connectivity index (χ1) is 13.2. The molecule has 0 saturated heterocycles. The molecule has 0 aliphatic heterocycles. The Morgan fingerprint density at radius 1 is 1.44 bits per heavy atom. The molecule has 3 aromatic rings. The van der Waals surface area contributed by atoms with Crippen LogP contribution in [0.1, 0.15) is 44.3 Å². The number of nitrogens with zero attached hydrogens (tertiary/aromatic N) is 6. The van der Waals surface area contributed by atoms with Crippen LogP contribution in [-0.4, -0.2) is 37.4 Å². The van der Waals surface area contributed by atoms with Gasteiger partial charge < -0.3 is 5.73 Å². The third kappa shape index (κ3) is 3.37. The first kappa shape index (κ1) is 17.5. The summed E-state index contributed by atoms with van der Waals surface area (Å²) in [7, 11) is 1.72. The van der Waals surface area contributed by atoms with Gasteiger partial charge in [-0.1, -0.05) is 13.3 Å². The Kier molecular flexibility index (Phi) is 4.75. The fourth-order valence-electron chi connectivity index (χ4n) is 3.60. The van der Waals surface area contributed by atoms with E-state index in [1.165, 1.54) is 19.0 Å². The summed E-state index contributed by atoms with van der Waals surface area (Å²) in [4.78, 5) is 13.3. The molecule has 1 atom stereocenters. The third-order valence-electron chi connectivity index (χ3n) is 5.08. The molecule has 4 rings (SSSR count). The van der Waals surface area contributed by atoms with Gasteiger partial charge in [-0.25, -0.2) is 9.97 Å². The zero-order chi connectivity index (χ0) is 18.8. The van der Waals surface area contributed by atoms with Crippen molar-refractivity contribution < 1.29 is 0 Å². The van der Waals surface area contributed by atoms with Crippen LogP contribution in [0.5, 0.6) is 0 Å².